The van der Waals surface area contributed by atoms with Crippen molar-refractivity contribution in [2.75, 3.05) is 11.9 Å². The summed E-state index contributed by atoms with van der Waals surface area (Å²) in [5, 5.41) is 3.23. The number of carbonyl (C=O) groups is 1. The molecule has 1 N–H and O–H groups in total. The zero-order valence-electron chi connectivity index (χ0n) is 13.0. The van der Waals surface area contributed by atoms with Gasteiger partial charge in [0.25, 0.3) is 0 Å². The summed E-state index contributed by atoms with van der Waals surface area (Å²) in [6, 6.07) is 2.70. The van der Waals surface area contributed by atoms with Crippen LogP contribution in [0.1, 0.15) is 39.2 Å². The summed E-state index contributed by atoms with van der Waals surface area (Å²) in [4.78, 5) is 11.8. The predicted molar refractivity (Wildman–Crippen MR) is 92.0 cm³/mol. The minimum Gasteiger partial charge on any atom is -0.487 e. The molecule has 0 atom stereocenters. The molecule has 0 heterocycles. The molecule has 1 aromatic rings. The van der Waals surface area contributed by atoms with Crippen LogP contribution in [-0.4, -0.2) is 17.6 Å². The summed E-state index contributed by atoms with van der Waals surface area (Å²) in [5.41, 5.74) is 0.743. The molecule has 0 spiro atoms. The van der Waals surface area contributed by atoms with Gasteiger partial charge in [0.15, 0.2) is 5.05 Å². The first-order valence-corrected chi connectivity index (χ1v) is 8.05. The second-order valence-corrected chi connectivity index (χ2v) is 6.33. The smallest absolute Gasteiger partial charge is 0.224 e. The number of hydrogen-bond donors (Lipinski definition) is 1. The zero-order valence-corrected chi connectivity index (χ0v) is 14.6. The van der Waals surface area contributed by atoms with Crippen LogP contribution >= 0.6 is 23.8 Å². The highest BCUT2D eigenvalue weighted by Gasteiger charge is 2.13. The Hall–Kier alpha value is -1.20. The SMILES string of the molecule is CCCOC(=S)Cc1cc(NC(=O)CC(C)C)c(F)cc1Cl. The van der Waals surface area contributed by atoms with Crippen LogP contribution < -0.4 is 5.32 Å². The Morgan fingerprint density at radius 2 is 2.14 bits per heavy atom. The van der Waals surface area contributed by atoms with Crippen LogP contribution in [0.4, 0.5) is 10.1 Å². The van der Waals surface area contributed by atoms with E-state index in [2.05, 4.69) is 5.32 Å². The number of halogens is 2. The molecule has 22 heavy (non-hydrogen) atoms. The number of carbonyl (C=O) groups excluding carboxylic acids is 1. The molecule has 1 amide bonds. The Morgan fingerprint density at radius 1 is 1.45 bits per heavy atom. The standard InChI is InChI=1S/C16H21ClFNO2S/c1-4-5-21-16(22)8-11-7-14(13(18)9-12(11)17)19-15(20)6-10(2)3/h7,9-10H,4-6,8H2,1-3H3,(H,19,20). The third-order valence-corrected chi connectivity index (χ3v) is 3.42. The highest BCUT2D eigenvalue weighted by atomic mass is 35.5. The van der Waals surface area contributed by atoms with Crippen molar-refractivity contribution in [2.45, 2.75) is 40.0 Å². The van der Waals surface area contributed by atoms with Gasteiger partial charge in [-0.2, -0.15) is 0 Å². The Bertz CT molecular complexity index is 549. The number of amides is 1. The van der Waals surface area contributed by atoms with Gasteiger partial charge in [-0.25, -0.2) is 4.39 Å². The molecular weight excluding hydrogens is 325 g/mol. The van der Waals surface area contributed by atoms with E-state index in [0.29, 0.717) is 30.1 Å². The molecule has 0 aromatic heterocycles. The van der Waals surface area contributed by atoms with Gasteiger partial charge >= 0.3 is 0 Å². The number of hydrogen-bond acceptors (Lipinski definition) is 3. The third kappa shape index (κ3) is 6.28. The van der Waals surface area contributed by atoms with E-state index in [1.165, 1.54) is 12.1 Å². The predicted octanol–water partition coefficient (Wildman–Crippen LogP) is 4.76. The monoisotopic (exact) mass is 345 g/mol. The van der Waals surface area contributed by atoms with Gasteiger partial charge in [0.1, 0.15) is 5.82 Å². The first-order chi connectivity index (χ1) is 10.3. The molecule has 0 aliphatic rings. The quantitative estimate of drug-likeness (QED) is 0.724. The van der Waals surface area contributed by atoms with Crippen molar-refractivity contribution in [3.63, 3.8) is 0 Å². The molecule has 0 unspecified atom stereocenters. The van der Waals surface area contributed by atoms with Gasteiger partial charge in [0.2, 0.25) is 5.91 Å². The van der Waals surface area contributed by atoms with Crippen LogP contribution in [0.3, 0.4) is 0 Å². The number of anilines is 1. The van der Waals surface area contributed by atoms with Crippen LogP contribution in [0, 0.1) is 11.7 Å². The summed E-state index contributed by atoms with van der Waals surface area (Å²) in [5.74, 6) is -0.594. The average Bonchev–Trinajstić information content (AvgIpc) is 2.41. The maximum absolute atomic E-state index is 13.9. The van der Waals surface area contributed by atoms with Gasteiger partial charge in [-0.1, -0.05) is 32.4 Å². The van der Waals surface area contributed by atoms with Gasteiger partial charge in [-0.15, -0.1) is 0 Å². The first kappa shape index (κ1) is 18.8. The first-order valence-electron chi connectivity index (χ1n) is 7.26. The van der Waals surface area contributed by atoms with Gasteiger partial charge in [0.05, 0.1) is 12.3 Å². The number of ether oxygens (including phenoxy) is 1. The fourth-order valence-corrected chi connectivity index (χ4v) is 2.28. The van der Waals surface area contributed by atoms with E-state index >= 15 is 0 Å². The van der Waals surface area contributed by atoms with E-state index in [4.69, 9.17) is 28.6 Å². The summed E-state index contributed by atoms with van der Waals surface area (Å²) in [7, 11) is 0. The summed E-state index contributed by atoms with van der Waals surface area (Å²) < 4.78 is 19.3. The Kier molecular flexibility index (Phi) is 7.76. The van der Waals surface area contributed by atoms with Crippen LogP contribution in [0.2, 0.25) is 5.02 Å². The van der Waals surface area contributed by atoms with Crippen molar-refractivity contribution in [3.8, 4) is 0 Å². The Balaban J connectivity index is 2.85. The molecule has 1 aromatic carbocycles. The molecule has 6 heteroatoms. The van der Waals surface area contributed by atoms with Gasteiger partial charge < -0.3 is 10.1 Å². The summed E-state index contributed by atoms with van der Waals surface area (Å²) in [6.45, 7) is 6.37. The number of nitrogens with one attached hydrogen (secondary N) is 1. The normalized spacial score (nSPS) is 10.6. The second kappa shape index (κ2) is 9.06. The van der Waals surface area contributed by atoms with E-state index in [9.17, 15) is 9.18 Å². The van der Waals surface area contributed by atoms with E-state index in [-0.39, 0.29) is 22.5 Å². The third-order valence-electron chi connectivity index (χ3n) is 2.81. The summed E-state index contributed by atoms with van der Waals surface area (Å²) >= 11 is 11.2. The molecule has 0 saturated carbocycles. The lowest BCUT2D eigenvalue weighted by Crippen LogP contribution is -2.15. The van der Waals surface area contributed by atoms with Crippen LogP contribution in [0.5, 0.6) is 0 Å². The lowest BCUT2D eigenvalue weighted by atomic mass is 10.1. The van der Waals surface area contributed by atoms with E-state index < -0.39 is 5.82 Å². The number of rotatable bonds is 7. The fourth-order valence-electron chi connectivity index (χ4n) is 1.82. The molecule has 0 fully saturated rings. The van der Waals surface area contributed by atoms with Gasteiger partial charge in [-0.3, -0.25) is 4.79 Å². The van der Waals surface area contributed by atoms with Crippen molar-refractivity contribution in [2.24, 2.45) is 5.92 Å². The molecule has 0 saturated heterocycles. The minimum atomic E-state index is -0.564. The van der Waals surface area contributed by atoms with Crippen molar-refractivity contribution in [1.29, 1.82) is 0 Å². The lowest BCUT2D eigenvalue weighted by Gasteiger charge is -2.12. The topological polar surface area (TPSA) is 38.3 Å². The van der Waals surface area contributed by atoms with Crippen LogP contribution in [-0.2, 0) is 16.0 Å². The Labute approximate surface area is 141 Å². The van der Waals surface area contributed by atoms with Crippen LogP contribution in [0.15, 0.2) is 12.1 Å². The average molecular weight is 346 g/mol. The zero-order chi connectivity index (χ0) is 16.7. The molecular formula is C16H21ClFNO2S. The molecule has 0 radical (unpaired) electrons. The van der Waals surface area contributed by atoms with E-state index in [1.54, 1.807) is 0 Å². The molecule has 3 nitrogen and oxygen atoms in total. The van der Waals surface area contributed by atoms with Gasteiger partial charge in [0, 0.05) is 17.9 Å². The Morgan fingerprint density at radius 3 is 2.73 bits per heavy atom. The molecule has 0 bridgehead atoms. The van der Waals surface area contributed by atoms with E-state index in [0.717, 1.165) is 6.42 Å². The fraction of sp³-hybridized carbons (Fsp3) is 0.500. The van der Waals surface area contributed by atoms with Gasteiger partial charge in [-0.05, 0) is 42.3 Å². The molecule has 122 valence electrons. The van der Waals surface area contributed by atoms with Crippen molar-refractivity contribution in [1.82, 2.24) is 0 Å². The maximum atomic E-state index is 13.9. The number of benzene rings is 1. The van der Waals surface area contributed by atoms with Crippen molar-refractivity contribution < 1.29 is 13.9 Å². The van der Waals surface area contributed by atoms with Crippen molar-refractivity contribution >= 4 is 40.5 Å². The van der Waals surface area contributed by atoms with Crippen molar-refractivity contribution in [3.05, 3.63) is 28.5 Å². The van der Waals surface area contributed by atoms with Crippen LogP contribution in [0.25, 0.3) is 0 Å². The maximum Gasteiger partial charge on any atom is 0.224 e. The summed E-state index contributed by atoms with van der Waals surface area (Å²) in [6.07, 6.45) is 1.49. The number of thiocarbonyl (C=S) groups is 1. The largest absolute Gasteiger partial charge is 0.487 e. The lowest BCUT2D eigenvalue weighted by molar-refractivity contribution is -0.116. The van der Waals surface area contributed by atoms with E-state index in [1.807, 2.05) is 20.8 Å². The second-order valence-electron chi connectivity index (χ2n) is 5.47. The molecule has 0 aliphatic carbocycles. The minimum absolute atomic E-state index is 0.114. The molecule has 1 rings (SSSR count). The molecule has 0 aliphatic heterocycles. The highest BCUT2D eigenvalue weighted by molar-refractivity contribution is 7.80. The highest BCUT2D eigenvalue weighted by Crippen LogP contribution is 2.25.